The third kappa shape index (κ3) is 40.4. The zero-order valence-corrected chi connectivity index (χ0v) is 37.2. The molecule has 0 amide bonds. The average Bonchev–Trinajstić information content (AvgIpc) is 3.19. The summed E-state index contributed by atoms with van der Waals surface area (Å²) in [4.78, 5) is 35.0. The Morgan fingerprint density at radius 2 is 1.10 bits per heavy atom. The second-order valence-electron chi connectivity index (χ2n) is 15.4. The van der Waals surface area contributed by atoms with Crippen molar-refractivity contribution in [2.75, 3.05) is 26.4 Å². The summed E-state index contributed by atoms with van der Waals surface area (Å²) in [6.45, 7) is 4.37. The van der Waals surface area contributed by atoms with E-state index in [1.807, 2.05) is 12.2 Å². The van der Waals surface area contributed by atoms with Gasteiger partial charge in [0.05, 0.1) is 25.9 Å². The number of phosphoric ester groups is 1. The lowest BCUT2D eigenvalue weighted by Crippen LogP contribution is -2.30. The fourth-order valence-corrected chi connectivity index (χ4v) is 6.58. The maximum Gasteiger partial charge on any atom is 0.472 e. The Morgan fingerprint density at radius 3 is 1.66 bits per heavy atom. The molecule has 11 nitrogen and oxygen atoms in total. The number of hydrogen-bond donors (Lipinski definition) is 4. The number of esters is 2. The molecule has 0 aliphatic carbocycles. The van der Waals surface area contributed by atoms with Gasteiger partial charge in [-0.3, -0.25) is 18.6 Å². The van der Waals surface area contributed by atoms with Gasteiger partial charge in [-0.1, -0.05) is 171 Å². The smallest absolute Gasteiger partial charge is 0.462 e. The highest BCUT2D eigenvalue weighted by Gasteiger charge is 2.27. The fraction of sp³-hybridized carbons (Fsp3) is 0.739. The van der Waals surface area contributed by atoms with E-state index in [-0.39, 0.29) is 19.4 Å². The molecule has 0 saturated heterocycles. The minimum atomic E-state index is -4.67. The van der Waals surface area contributed by atoms with Crippen LogP contribution in [-0.2, 0) is 32.7 Å². The second kappa shape index (κ2) is 40.1. The van der Waals surface area contributed by atoms with Gasteiger partial charge in [-0.25, -0.2) is 4.57 Å². The lowest BCUT2D eigenvalue weighted by atomic mass is 10.0. The van der Waals surface area contributed by atoms with E-state index in [2.05, 4.69) is 61.8 Å². The van der Waals surface area contributed by atoms with E-state index in [9.17, 15) is 29.3 Å². The van der Waals surface area contributed by atoms with Gasteiger partial charge in [-0.15, -0.1) is 0 Å². The van der Waals surface area contributed by atoms with Crippen LogP contribution in [0.3, 0.4) is 0 Å². The Hall–Kier alpha value is -2.37. The van der Waals surface area contributed by atoms with Gasteiger partial charge >= 0.3 is 19.8 Å². The normalized spacial score (nSPS) is 15.0. The van der Waals surface area contributed by atoms with Crippen molar-refractivity contribution >= 4 is 19.8 Å². The molecule has 58 heavy (non-hydrogen) atoms. The van der Waals surface area contributed by atoms with E-state index in [1.165, 1.54) is 70.6 Å². The first-order chi connectivity index (χ1) is 28.0. The Morgan fingerprint density at radius 1 is 0.603 bits per heavy atom. The van der Waals surface area contributed by atoms with Gasteiger partial charge in [-0.2, -0.15) is 0 Å². The SMILES string of the molecule is CC/C=C\C/C=C\C/C=C\C/C=C\C=C\C(O)CCCC(=O)O[C@H](COC(=O)CCCCCCCCCCCCCCCCC(C)C)COP(=O)(O)OC[C@@H](O)CO. The Labute approximate surface area is 351 Å². The molecule has 0 heterocycles. The van der Waals surface area contributed by atoms with E-state index in [0.29, 0.717) is 19.3 Å². The Balaban J connectivity index is 4.47. The quantitative estimate of drug-likeness (QED) is 0.0152. The molecule has 0 spiro atoms. The van der Waals surface area contributed by atoms with E-state index in [4.69, 9.17) is 19.1 Å². The summed E-state index contributed by atoms with van der Waals surface area (Å²) in [5.74, 6) is -0.315. The molecule has 336 valence electrons. The molecule has 12 heteroatoms. The van der Waals surface area contributed by atoms with Gasteiger partial charge in [0.1, 0.15) is 12.7 Å². The molecule has 0 aromatic carbocycles. The lowest BCUT2D eigenvalue weighted by molar-refractivity contribution is -0.161. The van der Waals surface area contributed by atoms with Crippen molar-refractivity contribution in [1.82, 2.24) is 0 Å². The second-order valence-corrected chi connectivity index (χ2v) is 16.8. The van der Waals surface area contributed by atoms with Crippen molar-refractivity contribution in [2.24, 2.45) is 5.92 Å². The summed E-state index contributed by atoms with van der Waals surface area (Å²) >= 11 is 0. The van der Waals surface area contributed by atoms with Crippen LogP contribution in [0.15, 0.2) is 60.8 Å². The molecule has 0 fully saturated rings. The zero-order chi connectivity index (χ0) is 43.0. The summed E-state index contributed by atoms with van der Waals surface area (Å²) in [7, 11) is -4.67. The third-order valence-electron chi connectivity index (χ3n) is 9.22. The number of aliphatic hydroxyl groups excluding tert-OH is 3. The number of ether oxygens (including phenoxy) is 2. The molecule has 0 aliphatic rings. The number of carbonyl (C=O) groups is 2. The van der Waals surface area contributed by atoms with E-state index in [1.54, 1.807) is 12.2 Å². The maximum atomic E-state index is 12.6. The highest BCUT2D eigenvalue weighted by Crippen LogP contribution is 2.43. The number of unbranched alkanes of at least 4 members (excludes halogenated alkanes) is 13. The molecule has 0 radical (unpaired) electrons. The molecular weight excluding hydrogens is 759 g/mol. The first-order valence-electron chi connectivity index (χ1n) is 22.2. The van der Waals surface area contributed by atoms with Gasteiger partial charge in [0.25, 0.3) is 0 Å². The van der Waals surface area contributed by atoms with Crippen LogP contribution in [0, 0.1) is 5.92 Å². The zero-order valence-electron chi connectivity index (χ0n) is 36.3. The van der Waals surface area contributed by atoms with Crippen LogP contribution in [0.4, 0.5) is 0 Å². The van der Waals surface area contributed by atoms with Gasteiger partial charge in [-0.05, 0) is 50.9 Å². The monoisotopic (exact) mass is 841 g/mol. The first kappa shape index (κ1) is 55.6. The Bertz CT molecular complexity index is 1180. The van der Waals surface area contributed by atoms with Crippen LogP contribution in [0.25, 0.3) is 0 Å². The molecule has 2 unspecified atom stereocenters. The number of carbonyl (C=O) groups excluding carboxylic acids is 2. The van der Waals surface area contributed by atoms with Crippen molar-refractivity contribution < 1.29 is 52.9 Å². The summed E-state index contributed by atoms with van der Waals surface area (Å²) in [6.07, 6.45) is 39.4. The molecule has 0 bridgehead atoms. The van der Waals surface area contributed by atoms with Crippen molar-refractivity contribution in [3.8, 4) is 0 Å². The third-order valence-corrected chi connectivity index (χ3v) is 10.2. The average molecular weight is 841 g/mol. The van der Waals surface area contributed by atoms with Crippen LogP contribution in [0.1, 0.15) is 168 Å². The van der Waals surface area contributed by atoms with Gasteiger partial charge in [0, 0.05) is 12.8 Å². The van der Waals surface area contributed by atoms with Gasteiger partial charge in [0.15, 0.2) is 6.10 Å². The molecular formula is C46H81O11P. The first-order valence-corrected chi connectivity index (χ1v) is 23.7. The molecule has 0 aromatic heterocycles. The molecule has 0 aliphatic heterocycles. The van der Waals surface area contributed by atoms with Gasteiger partial charge < -0.3 is 29.7 Å². The maximum absolute atomic E-state index is 12.6. The standard InChI is InChI=1S/C46H81O11P/c1-4-5-6-7-8-9-10-13-17-20-23-26-29-33-42(48)34-31-36-46(51)57-44(40-56-58(52,53)55-38-43(49)37-47)39-54-45(50)35-30-27-24-21-18-15-12-11-14-16-19-22-25-28-32-41(2)3/h5-6,8-9,13,17,23,26,29,33,41-44,47-49H,4,7,10-12,14-16,18-22,24-25,27-28,30-32,34-40H2,1-3H3,(H,52,53)/b6-5-,9-8-,17-13-,26-23-,33-29+/t42?,43-,44+/m0/s1. The molecule has 0 rings (SSSR count). The van der Waals surface area contributed by atoms with E-state index in [0.717, 1.165) is 50.9 Å². The number of aliphatic hydroxyl groups is 3. The van der Waals surface area contributed by atoms with Crippen LogP contribution in [0.5, 0.6) is 0 Å². The van der Waals surface area contributed by atoms with Crippen molar-refractivity contribution in [3.05, 3.63) is 60.8 Å². The largest absolute Gasteiger partial charge is 0.472 e. The Kier molecular flexibility index (Phi) is 38.4. The number of allylic oxidation sites excluding steroid dienone is 9. The van der Waals surface area contributed by atoms with Gasteiger partial charge in [0.2, 0.25) is 0 Å². The highest BCUT2D eigenvalue weighted by molar-refractivity contribution is 7.47. The molecule has 4 atom stereocenters. The summed E-state index contributed by atoms with van der Waals surface area (Å²) in [6, 6.07) is 0. The predicted octanol–water partition coefficient (Wildman–Crippen LogP) is 10.7. The highest BCUT2D eigenvalue weighted by atomic mass is 31.2. The summed E-state index contributed by atoms with van der Waals surface area (Å²) < 4.78 is 32.6. The number of rotatable bonds is 40. The van der Waals surface area contributed by atoms with Crippen molar-refractivity contribution in [1.29, 1.82) is 0 Å². The topological polar surface area (TPSA) is 169 Å². The fourth-order valence-electron chi connectivity index (χ4n) is 5.79. The van der Waals surface area contributed by atoms with Crippen LogP contribution >= 0.6 is 7.82 Å². The van der Waals surface area contributed by atoms with Crippen LogP contribution < -0.4 is 0 Å². The minimum Gasteiger partial charge on any atom is -0.462 e. The van der Waals surface area contributed by atoms with Crippen LogP contribution in [-0.4, -0.2) is 76.9 Å². The lowest BCUT2D eigenvalue weighted by Gasteiger charge is -2.20. The minimum absolute atomic E-state index is 0.0476. The number of hydrogen-bond acceptors (Lipinski definition) is 10. The van der Waals surface area contributed by atoms with Crippen molar-refractivity contribution in [2.45, 2.75) is 187 Å². The number of phosphoric acid groups is 1. The molecule has 0 saturated carbocycles. The van der Waals surface area contributed by atoms with Crippen molar-refractivity contribution in [3.63, 3.8) is 0 Å². The van der Waals surface area contributed by atoms with E-state index < -0.39 is 57.9 Å². The molecule has 0 aromatic rings. The van der Waals surface area contributed by atoms with Crippen LogP contribution in [0.2, 0.25) is 0 Å². The summed E-state index contributed by atoms with van der Waals surface area (Å²) in [5.41, 5.74) is 0. The summed E-state index contributed by atoms with van der Waals surface area (Å²) in [5, 5.41) is 28.6. The predicted molar refractivity (Wildman–Crippen MR) is 234 cm³/mol. The molecule has 4 N–H and O–H groups in total. The van der Waals surface area contributed by atoms with E-state index >= 15 is 0 Å².